The van der Waals surface area contributed by atoms with Crippen LogP contribution in [0.25, 0.3) is 0 Å². The molecule has 0 saturated carbocycles. The van der Waals surface area contributed by atoms with E-state index in [2.05, 4.69) is 12.2 Å². The summed E-state index contributed by atoms with van der Waals surface area (Å²) in [6, 6.07) is -0.477. The number of ether oxygens (including phenoxy) is 1. The van der Waals surface area contributed by atoms with Crippen LogP contribution in [0.1, 0.15) is 46.0 Å². The van der Waals surface area contributed by atoms with Gasteiger partial charge in [-0.3, -0.25) is 4.79 Å². The van der Waals surface area contributed by atoms with Gasteiger partial charge in [0.25, 0.3) is 0 Å². The molecule has 0 aliphatic carbocycles. The van der Waals surface area contributed by atoms with Gasteiger partial charge in [-0.2, -0.15) is 0 Å². The second kappa shape index (κ2) is 16.0. The lowest BCUT2D eigenvalue weighted by atomic mass is 9.94. The van der Waals surface area contributed by atoms with Gasteiger partial charge in [-0.1, -0.05) is 26.2 Å². The maximum atomic E-state index is 11.4. The van der Waals surface area contributed by atoms with Crippen molar-refractivity contribution in [3.63, 3.8) is 0 Å². The van der Waals surface area contributed by atoms with Gasteiger partial charge in [0, 0.05) is 0 Å². The first-order valence-electron chi connectivity index (χ1n) is 6.72. The van der Waals surface area contributed by atoms with Crippen LogP contribution in [0, 0.1) is 5.92 Å². The van der Waals surface area contributed by atoms with Gasteiger partial charge in [-0.05, 0) is 39.3 Å². The third kappa shape index (κ3) is 12.7. The number of carbonyl (C=O) groups excluding carboxylic acids is 1. The molecule has 0 aliphatic rings. The molecule has 0 fully saturated rings. The van der Waals surface area contributed by atoms with E-state index in [9.17, 15) is 4.79 Å². The first kappa shape index (κ1) is 24.0. The molecule has 0 aromatic rings. The van der Waals surface area contributed by atoms with E-state index in [1.807, 2.05) is 7.05 Å². The molecular formula is C13H30Cl2N2O2. The molecule has 0 aliphatic heterocycles. The van der Waals surface area contributed by atoms with Crippen LogP contribution in [0.5, 0.6) is 0 Å². The van der Waals surface area contributed by atoms with Gasteiger partial charge in [0.2, 0.25) is 0 Å². The van der Waals surface area contributed by atoms with Crippen molar-refractivity contribution in [2.75, 3.05) is 20.2 Å². The molecule has 0 rings (SSSR count). The summed E-state index contributed by atoms with van der Waals surface area (Å²) in [4.78, 5) is 11.4. The lowest BCUT2D eigenvalue weighted by Crippen LogP contribution is -2.36. The molecule has 6 heteroatoms. The Hall–Kier alpha value is -0.0300. The molecule has 0 spiro atoms. The van der Waals surface area contributed by atoms with Crippen molar-refractivity contribution in [2.45, 2.75) is 52.0 Å². The highest BCUT2D eigenvalue weighted by Gasteiger charge is 2.19. The van der Waals surface area contributed by atoms with E-state index in [0.717, 1.165) is 13.0 Å². The number of nitrogens with one attached hydrogen (secondary N) is 1. The smallest absolute Gasteiger partial charge is 0.322 e. The number of carbonyl (C=O) groups is 1. The van der Waals surface area contributed by atoms with Gasteiger partial charge >= 0.3 is 5.97 Å². The zero-order chi connectivity index (χ0) is 13.1. The summed E-state index contributed by atoms with van der Waals surface area (Å²) < 4.78 is 4.92. The predicted octanol–water partition coefficient (Wildman–Crippen LogP) is 2.53. The SMILES string of the molecule is CCCCCC(CNC)CC(N)C(=O)OCC.Cl.Cl. The third-order valence-electron chi connectivity index (χ3n) is 2.89. The van der Waals surface area contributed by atoms with Crippen LogP contribution in [-0.4, -0.2) is 32.2 Å². The quantitative estimate of drug-likeness (QED) is 0.480. The first-order chi connectivity index (χ1) is 8.15. The van der Waals surface area contributed by atoms with E-state index in [4.69, 9.17) is 10.5 Å². The number of unbranched alkanes of at least 4 members (excludes halogenated alkanes) is 2. The topological polar surface area (TPSA) is 64.3 Å². The van der Waals surface area contributed by atoms with Crippen LogP contribution < -0.4 is 11.1 Å². The second-order valence-corrected chi connectivity index (χ2v) is 4.51. The first-order valence-corrected chi connectivity index (χ1v) is 6.72. The van der Waals surface area contributed by atoms with Crippen LogP contribution in [0.3, 0.4) is 0 Å². The minimum Gasteiger partial charge on any atom is -0.465 e. The summed E-state index contributed by atoms with van der Waals surface area (Å²) in [5.41, 5.74) is 5.84. The predicted molar refractivity (Wildman–Crippen MR) is 85.3 cm³/mol. The number of hydrogen-bond donors (Lipinski definition) is 2. The van der Waals surface area contributed by atoms with Crippen molar-refractivity contribution in [3.8, 4) is 0 Å². The average molecular weight is 317 g/mol. The highest BCUT2D eigenvalue weighted by molar-refractivity contribution is 5.85. The summed E-state index contributed by atoms with van der Waals surface area (Å²) in [5.74, 6) is 0.190. The van der Waals surface area contributed by atoms with Crippen LogP contribution >= 0.6 is 24.8 Å². The molecule has 4 nitrogen and oxygen atoms in total. The van der Waals surface area contributed by atoms with E-state index in [-0.39, 0.29) is 30.8 Å². The van der Waals surface area contributed by atoms with Gasteiger partial charge in [0.15, 0.2) is 0 Å². The Morgan fingerprint density at radius 2 is 1.89 bits per heavy atom. The fourth-order valence-corrected chi connectivity index (χ4v) is 1.98. The summed E-state index contributed by atoms with van der Waals surface area (Å²) >= 11 is 0. The Kier molecular flexibility index (Phi) is 20.3. The maximum Gasteiger partial charge on any atom is 0.322 e. The molecule has 0 aromatic carbocycles. The molecule has 0 radical (unpaired) electrons. The average Bonchev–Trinajstić information content (AvgIpc) is 2.29. The Balaban J connectivity index is -0.00000128. The van der Waals surface area contributed by atoms with Crippen LogP contribution in [0.2, 0.25) is 0 Å². The highest BCUT2D eigenvalue weighted by atomic mass is 35.5. The molecule has 2 atom stereocenters. The lowest BCUT2D eigenvalue weighted by molar-refractivity contribution is -0.145. The molecule has 0 bridgehead atoms. The Morgan fingerprint density at radius 3 is 2.37 bits per heavy atom. The number of nitrogens with two attached hydrogens (primary N) is 1. The molecular weight excluding hydrogens is 287 g/mol. The summed E-state index contributed by atoms with van der Waals surface area (Å²) in [6.07, 6.45) is 5.51. The van der Waals surface area contributed by atoms with Gasteiger partial charge < -0.3 is 15.8 Å². The van der Waals surface area contributed by atoms with Gasteiger partial charge in [0.1, 0.15) is 6.04 Å². The maximum absolute atomic E-state index is 11.4. The van der Waals surface area contributed by atoms with Crippen molar-refractivity contribution in [3.05, 3.63) is 0 Å². The highest BCUT2D eigenvalue weighted by Crippen LogP contribution is 2.15. The van der Waals surface area contributed by atoms with Crippen molar-refractivity contribution < 1.29 is 9.53 Å². The Morgan fingerprint density at radius 1 is 1.26 bits per heavy atom. The van der Waals surface area contributed by atoms with Crippen LogP contribution in [-0.2, 0) is 9.53 Å². The molecule has 2 unspecified atom stereocenters. The molecule has 3 N–H and O–H groups in total. The molecule has 19 heavy (non-hydrogen) atoms. The van der Waals surface area contributed by atoms with Crippen molar-refractivity contribution in [1.29, 1.82) is 0 Å². The molecule has 0 amide bonds. The minimum atomic E-state index is -0.477. The van der Waals surface area contributed by atoms with Crippen LogP contribution in [0.4, 0.5) is 0 Å². The van der Waals surface area contributed by atoms with Crippen molar-refractivity contribution >= 4 is 30.8 Å². The van der Waals surface area contributed by atoms with E-state index in [1.165, 1.54) is 19.3 Å². The second-order valence-electron chi connectivity index (χ2n) is 4.51. The normalized spacial score (nSPS) is 12.8. The summed E-state index contributed by atoms with van der Waals surface area (Å²) in [6.45, 7) is 5.31. The van der Waals surface area contributed by atoms with E-state index < -0.39 is 6.04 Å². The number of esters is 1. The van der Waals surface area contributed by atoms with Gasteiger partial charge in [-0.15, -0.1) is 24.8 Å². The van der Waals surface area contributed by atoms with Crippen molar-refractivity contribution in [2.24, 2.45) is 11.7 Å². The fraction of sp³-hybridized carbons (Fsp3) is 0.923. The molecule has 118 valence electrons. The van der Waals surface area contributed by atoms with Gasteiger partial charge in [0.05, 0.1) is 6.61 Å². The third-order valence-corrected chi connectivity index (χ3v) is 2.89. The number of rotatable bonds is 10. The Labute approximate surface area is 130 Å². The Bertz CT molecular complexity index is 207. The molecule has 0 saturated heterocycles. The van der Waals surface area contributed by atoms with E-state index in [1.54, 1.807) is 6.92 Å². The molecule has 0 heterocycles. The zero-order valence-corrected chi connectivity index (χ0v) is 13.9. The summed E-state index contributed by atoms with van der Waals surface area (Å²) in [7, 11) is 1.93. The largest absolute Gasteiger partial charge is 0.465 e. The monoisotopic (exact) mass is 316 g/mol. The van der Waals surface area contributed by atoms with Gasteiger partial charge in [-0.25, -0.2) is 0 Å². The zero-order valence-electron chi connectivity index (χ0n) is 12.3. The van der Waals surface area contributed by atoms with E-state index >= 15 is 0 Å². The fourth-order valence-electron chi connectivity index (χ4n) is 1.98. The lowest BCUT2D eigenvalue weighted by Gasteiger charge is -2.19. The number of halogens is 2. The van der Waals surface area contributed by atoms with Crippen LogP contribution in [0.15, 0.2) is 0 Å². The standard InChI is InChI=1S/C13H28N2O2.2ClH/c1-4-6-7-8-11(10-15-3)9-12(14)13(16)17-5-2;;/h11-12,15H,4-10,14H2,1-3H3;2*1H. The van der Waals surface area contributed by atoms with Crippen molar-refractivity contribution in [1.82, 2.24) is 5.32 Å². The minimum absolute atomic E-state index is 0. The van der Waals surface area contributed by atoms with E-state index in [0.29, 0.717) is 18.9 Å². The number of hydrogen-bond acceptors (Lipinski definition) is 4. The summed E-state index contributed by atoms with van der Waals surface area (Å²) in [5, 5.41) is 3.16. The molecule has 0 aromatic heterocycles.